The highest BCUT2D eigenvalue weighted by Gasteiger charge is 2.10. The van der Waals surface area contributed by atoms with E-state index in [1.807, 2.05) is 0 Å². The molecule has 0 aliphatic carbocycles. The van der Waals surface area contributed by atoms with Crippen LogP contribution in [0.5, 0.6) is 0 Å². The van der Waals surface area contributed by atoms with Gasteiger partial charge in [0.15, 0.2) is 11.2 Å². The number of aliphatic hydroxyl groups is 1. The molecule has 0 aliphatic heterocycles. The molecule has 16 heavy (non-hydrogen) atoms. The van der Waals surface area contributed by atoms with Gasteiger partial charge in [-0.05, 0) is 0 Å². The third kappa shape index (κ3) is 1.88. The number of nitrogens with two attached hydrogens (primary N) is 1. The van der Waals surface area contributed by atoms with Crippen molar-refractivity contribution in [1.82, 2.24) is 14.5 Å². The Balaban J connectivity index is 2.36. The monoisotopic (exact) mass is 226 g/mol. The van der Waals surface area contributed by atoms with Gasteiger partial charge >= 0.3 is 5.63 Å². The Labute approximate surface area is 89.3 Å². The van der Waals surface area contributed by atoms with Crippen LogP contribution in [0.3, 0.4) is 0 Å². The fourth-order valence-corrected chi connectivity index (χ4v) is 1.23. The molecule has 8 heteroatoms. The third-order valence-corrected chi connectivity index (χ3v) is 1.88. The summed E-state index contributed by atoms with van der Waals surface area (Å²) in [5, 5.41) is 8.55. The first kappa shape index (κ1) is 10.6. The first-order chi connectivity index (χ1) is 7.72. The number of anilines is 1. The van der Waals surface area contributed by atoms with Crippen LogP contribution in [0.4, 0.5) is 6.01 Å². The van der Waals surface area contributed by atoms with Gasteiger partial charge in [0.25, 0.3) is 6.01 Å². The predicted octanol–water partition coefficient (Wildman–Crippen LogP) is -1.07. The molecule has 0 aromatic carbocycles. The number of rotatable bonds is 4. The molecule has 86 valence electrons. The number of aliphatic hydroxyl groups excluding tert-OH is 1. The van der Waals surface area contributed by atoms with Crippen molar-refractivity contribution in [3.8, 4) is 0 Å². The minimum atomic E-state index is -0.636. The zero-order chi connectivity index (χ0) is 11.5. The largest absolute Gasteiger partial charge is 0.394 e. The van der Waals surface area contributed by atoms with Gasteiger partial charge in [-0.25, -0.2) is 9.78 Å². The number of hydrogen-bond acceptors (Lipinski definition) is 7. The Morgan fingerprint density at radius 1 is 1.62 bits per heavy atom. The lowest BCUT2D eigenvalue weighted by molar-refractivity contribution is 0.0499. The Bertz CT molecular complexity index is 546. The minimum absolute atomic E-state index is 0.0790. The van der Waals surface area contributed by atoms with Crippen molar-refractivity contribution in [3.63, 3.8) is 0 Å². The van der Waals surface area contributed by atoms with E-state index in [1.165, 1.54) is 10.9 Å². The molecular weight excluding hydrogens is 216 g/mol. The summed E-state index contributed by atoms with van der Waals surface area (Å²) in [6, 6.07) is -0.221. The van der Waals surface area contributed by atoms with Crippen LogP contribution in [0.2, 0.25) is 0 Å². The molecule has 2 aromatic heterocycles. The van der Waals surface area contributed by atoms with Gasteiger partial charge in [0.2, 0.25) is 0 Å². The van der Waals surface area contributed by atoms with Gasteiger partial charge in [-0.1, -0.05) is 0 Å². The van der Waals surface area contributed by atoms with Gasteiger partial charge < -0.3 is 20.0 Å². The van der Waals surface area contributed by atoms with E-state index in [1.54, 1.807) is 0 Å². The molecule has 2 aromatic rings. The molecule has 0 atom stereocenters. The molecule has 8 nitrogen and oxygen atoms in total. The maximum Gasteiger partial charge on any atom is 0.368 e. The Hall–Kier alpha value is -1.93. The SMILES string of the molecule is Nc1nc2c(ncn2COCCO)c(=O)o1. The molecule has 2 rings (SSSR count). The maximum absolute atomic E-state index is 11.3. The zero-order valence-corrected chi connectivity index (χ0v) is 8.29. The number of aromatic nitrogens is 3. The van der Waals surface area contributed by atoms with Crippen molar-refractivity contribution in [2.45, 2.75) is 6.73 Å². The second kappa shape index (κ2) is 4.29. The normalized spacial score (nSPS) is 11.1. The summed E-state index contributed by atoms with van der Waals surface area (Å²) in [7, 11) is 0. The van der Waals surface area contributed by atoms with Gasteiger partial charge in [-0.3, -0.25) is 4.57 Å². The van der Waals surface area contributed by atoms with Crippen molar-refractivity contribution < 1.29 is 14.3 Å². The number of nitrogen functional groups attached to an aromatic ring is 1. The molecule has 0 amide bonds. The topological polar surface area (TPSA) is 116 Å². The van der Waals surface area contributed by atoms with Crippen molar-refractivity contribution >= 4 is 17.2 Å². The molecule has 0 spiro atoms. The van der Waals surface area contributed by atoms with Gasteiger partial charge in [0, 0.05) is 0 Å². The highest BCUT2D eigenvalue weighted by molar-refractivity contribution is 5.69. The van der Waals surface area contributed by atoms with E-state index in [4.69, 9.17) is 15.6 Å². The summed E-state index contributed by atoms with van der Waals surface area (Å²) in [6.07, 6.45) is 1.39. The second-order valence-electron chi connectivity index (χ2n) is 2.99. The van der Waals surface area contributed by atoms with E-state index in [-0.39, 0.29) is 31.5 Å². The minimum Gasteiger partial charge on any atom is -0.394 e. The quantitative estimate of drug-likeness (QED) is 0.637. The van der Waals surface area contributed by atoms with Gasteiger partial charge in [0.1, 0.15) is 6.73 Å². The Morgan fingerprint density at radius 2 is 2.44 bits per heavy atom. The van der Waals surface area contributed by atoms with E-state index in [0.717, 1.165) is 0 Å². The third-order valence-electron chi connectivity index (χ3n) is 1.88. The first-order valence-electron chi connectivity index (χ1n) is 4.52. The van der Waals surface area contributed by atoms with Crippen LogP contribution in [0.25, 0.3) is 11.2 Å². The molecule has 0 unspecified atom stereocenters. The van der Waals surface area contributed by atoms with Crippen LogP contribution in [0, 0.1) is 0 Å². The Kier molecular flexibility index (Phi) is 2.84. The molecule has 2 heterocycles. The Morgan fingerprint density at radius 3 is 3.19 bits per heavy atom. The first-order valence-corrected chi connectivity index (χ1v) is 4.52. The van der Waals surface area contributed by atoms with Crippen LogP contribution in [0.15, 0.2) is 15.5 Å². The number of hydrogen-bond donors (Lipinski definition) is 2. The van der Waals surface area contributed by atoms with Crippen LogP contribution in [0.1, 0.15) is 0 Å². The number of nitrogens with zero attached hydrogens (tertiary/aromatic N) is 3. The van der Waals surface area contributed by atoms with Crippen molar-refractivity contribution in [1.29, 1.82) is 0 Å². The van der Waals surface area contributed by atoms with Crippen LogP contribution in [-0.4, -0.2) is 32.9 Å². The lowest BCUT2D eigenvalue weighted by Crippen LogP contribution is -2.09. The van der Waals surface area contributed by atoms with E-state index in [9.17, 15) is 4.79 Å². The molecule has 0 saturated heterocycles. The van der Waals surface area contributed by atoms with Gasteiger partial charge in [-0.2, -0.15) is 4.98 Å². The van der Waals surface area contributed by atoms with E-state index in [2.05, 4.69) is 14.4 Å². The molecule has 3 N–H and O–H groups in total. The molecule has 0 radical (unpaired) electrons. The fraction of sp³-hybridized carbons (Fsp3) is 0.375. The van der Waals surface area contributed by atoms with Gasteiger partial charge in [0.05, 0.1) is 19.5 Å². The zero-order valence-electron chi connectivity index (χ0n) is 8.29. The van der Waals surface area contributed by atoms with Crippen LogP contribution >= 0.6 is 0 Å². The lowest BCUT2D eigenvalue weighted by Gasteiger charge is -2.03. The fourth-order valence-electron chi connectivity index (χ4n) is 1.23. The van der Waals surface area contributed by atoms with E-state index >= 15 is 0 Å². The molecule has 0 fully saturated rings. The second-order valence-corrected chi connectivity index (χ2v) is 2.99. The summed E-state index contributed by atoms with van der Waals surface area (Å²) in [5.41, 5.74) is 5.07. The number of ether oxygens (including phenoxy) is 1. The average molecular weight is 226 g/mol. The molecule has 0 bridgehead atoms. The average Bonchev–Trinajstić information content (AvgIpc) is 2.62. The highest BCUT2D eigenvalue weighted by atomic mass is 16.5. The van der Waals surface area contributed by atoms with Crippen LogP contribution in [-0.2, 0) is 11.5 Å². The molecular formula is C8H10N4O4. The van der Waals surface area contributed by atoms with Crippen molar-refractivity contribution in [2.24, 2.45) is 0 Å². The molecule has 0 saturated carbocycles. The molecule has 0 aliphatic rings. The predicted molar refractivity (Wildman–Crippen MR) is 53.5 cm³/mol. The lowest BCUT2D eigenvalue weighted by atomic mass is 10.6. The van der Waals surface area contributed by atoms with Crippen LogP contribution < -0.4 is 11.4 Å². The summed E-state index contributed by atoms with van der Waals surface area (Å²) < 4.78 is 11.2. The summed E-state index contributed by atoms with van der Waals surface area (Å²) >= 11 is 0. The number of imidazole rings is 1. The smallest absolute Gasteiger partial charge is 0.368 e. The highest BCUT2D eigenvalue weighted by Crippen LogP contribution is 2.07. The number of fused-ring (bicyclic) bond motifs is 1. The maximum atomic E-state index is 11.3. The summed E-state index contributed by atoms with van der Waals surface area (Å²) in [6.45, 7) is 0.244. The van der Waals surface area contributed by atoms with Gasteiger partial charge in [-0.15, -0.1) is 0 Å². The van der Waals surface area contributed by atoms with E-state index in [0.29, 0.717) is 5.65 Å². The van der Waals surface area contributed by atoms with Crippen molar-refractivity contribution in [3.05, 3.63) is 16.7 Å². The van der Waals surface area contributed by atoms with E-state index < -0.39 is 5.63 Å². The van der Waals surface area contributed by atoms with Crippen molar-refractivity contribution in [2.75, 3.05) is 18.9 Å². The standard InChI is InChI=1S/C8H10N4O4/c9-8-11-6-5(7(14)16-8)10-3-12(6)4-15-2-1-13/h3,13H,1-2,4H2,(H2,9,11). The summed E-state index contributed by atoms with van der Waals surface area (Å²) in [4.78, 5) is 19.0. The summed E-state index contributed by atoms with van der Waals surface area (Å²) in [5.74, 6) is 0.